The van der Waals surface area contributed by atoms with Crippen LogP contribution in [0, 0.1) is 5.92 Å². The van der Waals surface area contributed by atoms with Crippen LogP contribution in [0.1, 0.15) is 50.8 Å². The number of rotatable bonds is 6. The van der Waals surface area contributed by atoms with Crippen molar-refractivity contribution < 1.29 is 0 Å². The molecule has 2 rings (SSSR count). The van der Waals surface area contributed by atoms with E-state index in [1.54, 1.807) is 0 Å². The van der Waals surface area contributed by atoms with E-state index >= 15 is 0 Å². The van der Waals surface area contributed by atoms with E-state index in [0.717, 1.165) is 19.0 Å². The summed E-state index contributed by atoms with van der Waals surface area (Å²) in [5.41, 5.74) is 0. The molecule has 4 heteroatoms. The van der Waals surface area contributed by atoms with Crippen LogP contribution in [0.4, 0.5) is 5.13 Å². The Labute approximate surface area is 121 Å². The summed E-state index contributed by atoms with van der Waals surface area (Å²) in [6.45, 7) is 6.62. The monoisotopic (exact) mass is 281 g/mol. The molecule has 1 N–H and O–H groups in total. The predicted molar refractivity (Wildman–Crippen MR) is 83.9 cm³/mol. The first-order chi connectivity index (χ1) is 9.20. The molecule has 1 saturated carbocycles. The molecule has 1 aliphatic rings. The number of anilines is 1. The molecule has 0 saturated heterocycles. The zero-order chi connectivity index (χ0) is 13.7. The van der Waals surface area contributed by atoms with E-state index in [4.69, 9.17) is 0 Å². The minimum atomic E-state index is 0.686. The van der Waals surface area contributed by atoms with E-state index in [-0.39, 0.29) is 0 Å². The van der Waals surface area contributed by atoms with Gasteiger partial charge in [0.25, 0.3) is 0 Å². The summed E-state index contributed by atoms with van der Waals surface area (Å²) in [6.07, 6.45) is 8.63. The molecule has 1 aromatic rings. The minimum Gasteiger partial charge on any atom is -0.348 e. The van der Waals surface area contributed by atoms with Crippen molar-refractivity contribution in [2.24, 2.45) is 5.92 Å². The van der Waals surface area contributed by atoms with E-state index < -0.39 is 0 Å². The standard InChI is InChI=1S/C15H27N3S/c1-4-8-16-10-14-11-17-15(19-14)18(3)13-7-5-6-12(2)9-13/h11-13,16H,4-10H2,1-3H3. The average Bonchev–Trinajstić information content (AvgIpc) is 2.87. The molecule has 108 valence electrons. The van der Waals surface area contributed by atoms with Gasteiger partial charge in [-0.3, -0.25) is 0 Å². The molecule has 19 heavy (non-hydrogen) atoms. The molecule has 2 unspecified atom stereocenters. The first-order valence-electron chi connectivity index (χ1n) is 7.59. The fourth-order valence-corrected chi connectivity index (χ4v) is 3.75. The summed E-state index contributed by atoms with van der Waals surface area (Å²) in [4.78, 5) is 8.35. The highest BCUT2D eigenvalue weighted by molar-refractivity contribution is 7.15. The van der Waals surface area contributed by atoms with Gasteiger partial charge in [-0.1, -0.05) is 26.7 Å². The molecule has 0 aromatic carbocycles. The zero-order valence-corrected chi connectivity index (χ0v) is 13.3. The van der Waals surface area contributed by atoms with E-state index in [1.165, 1.54) is 42.1 Å². The van der Waals surface area contributed by atoms with Crippen LogP contribution in [0.3, 0.4) is 0 Å². The minimum absolute atomic E-state index is 0.686. The van der Waals surface area contributed by atoms with Gasteiger partial charge in [-0.25, -0.2) is 4.98 Å². The Morgan fingerprint density at radius 1 is 1.47 bits per heavy atom. The average molecular weight is 281 g/mol. The quantitative estimate of drug-likeness (QED) is 0.807. The smallest absolute Gasteiger partial charge is 0.185 e. The second kappa shape index (κ2) is 7.25. The summed E-state index contributed by atoms with van der Waals surface area (Å²) < 4.78 is 0. The summed E-state index contributed by atoms with van der Waals surface area (Å²) in [7, 11) is 2.21. The molecule has 2 atom stereocenters. The van der Waals surface area contributed by atoms with Gasteiger partial charge in [0, 0.05) is 30.7 Å². The second-order valence-corrected chi connectivity index (χ2v) is 6.92. The SMILES string of the molecule is CCCNCc1cnc(N(C)C2CCCC(C)C2)s1. The summed E-state index contributed by atoms with van der Waals surface area (Å²) in [6, 6.07) is 0.686. The number of thiazole rings is 1. The van der Waals surface area contributed by atoms with Crippen molar-refractivity contribution in [3.05, 3.63) is 11.1 Å². The lowest BCUT2D eigenvalue weighted by molar-refractivity contribution is 0.336. The third-order valence-electron chi connectivity index (χ3n) is 4.03. The third kappa shape index (κ3) is 4.18. The molecular formula is C15H27N3S. The van der Waals surface area contributed by atoms with Crippen LogP contribution in [0.2, 0.25) is 0 Å². The molecule has 0 spiro atoms. The first kappa shape index (κ1) is 14.8. The van der Waals surface area contributed by atoms with E-state index in [0.29, 0.717) is 6.04 Å². The van der Waals surface area contributed by atoms with E-state index in [1.807, 2.05) is 17.5 Å². The van der Waals surface area contributed by atoms with Crippen molar-refractivity contribution >= 4 is 16.5 Å². The number of nitrogens with one attached hydrogen (secondary N) is 1. The molecule has 1 heterocycles. The van der Waals surface area contributed by atoms with Gasteiger partial charge in [0.05, 0.1) is 0 Å². The largest absolute Gasteiger partial charge is 0.348 e. The Hall–Kier alpha value is -0.610. The van der Waals surface area contributed by atoms with Crippen molar-refractivity contribution in [2.45, 2.75) is 58.5 Å². The molecule has 0 aliphatic heterocycles. The second-order valence-electron chi connectivity index (χ2n) is 5.82. The van der Waals surface area contributed by atoms with Gasteiger partial charge in [-0.15, -0.1) is 11.3 Å². The van der Waals surface area contributed by atoms with E-state index in [9.17, 15) is 0 Å². The van der Waals surface area contributed by atoms with Gasteiger partial charge in [-0.2, -0.15) is 0 Å². The maximum atomic E-state index is 4.60. The van der Waals surface area contributed by atoms with Crippen molar-refractivity contribution in [1.29, 1.82) is 0 Å². The van der Waals surface area contributed by atoms with Gasteiger partial charge in [0.1, 0.15) is 0 Å². The molecule has 3 nitrogen and oxygen atoms in total. The van der Waals surface area contributed by atoms with Crippen LogP contribution in [-0.2, 0) is 6.54 Å². The molecule has 1 aromatic heterocycles. The van der Waals surface area contributed by atoms with Crippen LogP contribution in [-0.4, -0.2) is 24.6 Å². The Bertz CT molecular complexity index is 377. The summed E-state index contributed by atoms with van der Waals surface area (Å²) >= 11 is 1.84. The fraction of sp³-hybridized carbons (Fsp3) is 0.800. The Morgan fingerprint density at radius 3 is 3.05 bits per heavy atom. The first-order valence-corrected chi connectivity index (χ1v) is 8.40. The van der Waals surface area contributed by atoms with E-state index in [2.05, 4.69) is 36.1 Å². The molecule has 0 amide bonds. The number of aromatic nitrogens is 1. The molecule has 0 bridgehead atoms. The molecular weight excluding hydrogens is 254 g/mol. The number of hydrogen-bond donors (Lipinski definition) is 1. The highest BCUT2D eigenvalue weighted by atomic mass is 32.1. The van der Waals surface area contributed by atoms with Gasteiger partial charge in [0.15, 0.2) is 5.13 Å². The number of nitrogens with zero attached hydrogens (tertiary/aromatic N) is 2. The van der Waals surface area contributed by atoms with Crippen LogP contribution < -0.4 is 10.2 Å². The zero-order valence-electron chi connectivity index (χ0n) is 12.5. The summed E-state index contributed by atoms with van der Waals surface area (Å²) in [5.74, 6) is 0.867. The van der Waals surface area contributed by atoms with Gasteiger partial charge < -0.3 is 10.2 Å². The van der Waals surface area contributed by atoms with Crippen LogP contribution in [0.25, 0.3) is 0 Å². The molecule has 1 aliphatic carbocycles. The summed E-state index contributed by atoms with van der Waals surface area (Å²) in [5, 5.41) is 4.63. The van der Waals surface area contributed by atoms with Crippen molar-refractivity contribution in [1.82, 2.24) is 10.3 Å². The number of hydrogen-bond acceptors (Lipinski definition) is 4. The van der Waals surface area contributed by atoms with Crippen LogP contribution >= 0.6 is 11.3 Å². The normalized spacial score (nSPS) is 23.5. The molecule has 0 radical (unpaired) electrons. The van der Waals surface area contributed by atoms with Gasteiger partial charge in [-0.05, 0) is 31.7 Å². The van der Waals surface area contributed by atoms with Crippen LogP contribution in [0.5, 0.6) is 0 Å². The lowest BCUT2D eigenvalue weighted by Gasteiger charge is -2.33. The third-order valence-corrected chi connectivity index (χ3v) is 5.11. The predicted octanol–water partition coefficient (Wildman–Crippen LogP) is 3.66. The molecule has 1 fully saturated rings. The van der Waals surface area contributed by atoms with Crippen molar-refractivity contribution in [3.8, 4) is 0 Å². The Morgan fingerprint density at radius 2 is 2.32 bits per heavy atom. The highest BCUT2D eigenvalue weighted by Gasteiger charge is 2.23. The Kier molecular flexibility index (Phi) is 5.64. The maximum absolute atomic E-state index is 4.60. The topological polar surface area (TPSA) is 28.2 Å². The van der Waals surface area contributed by atoms with Crippen molar-refractivity contribution in [2.75, 3.05) is 18.5 Å². The van der Waals surface area contributed by atoms with Crippen molar-refractivity contribution in [3.63, 3.8) is 0 Å². The van der Waals surface area contributed by atoms with Gasteiger partial charge in [0.2, 0.25) is 0 Å². The highest BCUT2D eigenvalue weighted by Crippen LogP contribution is 2.31. The van der Waals surface area contributed by atoms with Gasteiger partial charge >= 0.3 is 0 Å². The maximum Gasteiger partial charge on any atom is 0.185 e. The Balaban J connectivity index is 1.89. The lowest BCUT2D eigenvalue weighted by atomic mass is 9.86. The lowest BCUT2D eigenvalue weighted by Crippen LogP contribution is -2.35. The fourth-order valence-electron chi connectivity index (χ4n) is 2.84. The van der Waals surface area contributed by atoms with Crippen LogP contribution in [0.15, 0.2) is 6.20 Å².